The first-order valence-corrected chi connectivity index (χ1v) is 5.28. The van der Waals surface area contributed by atoms with Crippen molar-refractivity contribution in [2.45, 2.75) is 37.8 Å². The van der Waals surface area contributed by atoms with E-state index in [0.29, 0.717) is 12.6 Å². The Balaban J connectivity index is 2.53. The molecule has 15 heavy (non-hydrogen) atoms. The van der Waals surface area contributed by atoms with Gasteiger partial charge in [0.1, 0.15) is 0 Å². The van der Waals surface area contributed by atoms with Gasteiger partial charge in [0.05, 0.1) is 6.61 Å². The number of carbonyl (C=O) groups is 1. The minimum Gasteiger partial charge on any atom is -0.479 e. The Morgan fingerprint density at radius 1 is 1.53 bits per heavy atom. The van der Waals surface area contributed by atoms with Gasteiger partial charge in [0, 0.05) is 19.1 Å². The van der Waals surface area contributed by atoms with E-state index in [9.17, 15) is 9.90 Å². The van der Waals surface area contributed by atoms with Crippen molar-refractivity contribution in [2.75, 3.05) is 19.7 Å². The topological polar surface area (TPSA) is 81.0 Å². The van der Waals surface area contributed by atoms with Crippen LogP contribution in [0.2, 0.25) is 0 Å². The molecule has 0 bridgehead atoms. The standard InChI is InChI=1S/C10H19NO4/c1-10(15,9(13)14)7-11(5-6-12)8-3-2-4-8/h8,12,15H,2-7H2,1H3,(H,13,14). The number of hydrogen-bond acceptors (Lipinski definition) is 4. The molecular formula is C10H19NO4. The molecule has 88 valence electrons. The lowest BCUT2D eigenvalue weighted by molar-refractivity contribution is -0.159. The maximum absolute atomic E-state index is 10.8. The van der Waals surface area contributed by atoms with Crippen LogP contribution >= 0.6 is 0 Å². The molecule has 0 saturated heterocycles. The number of aliphatic hydroxyl groups excluding tert-OH is 1. The van der Waals surface area contributed by atoms with Gasteiger partial charge in [-0.3, -0.25) is 4.90 Å². The predicted octanol–water partition coefficient (Wildman–Crippen LogP) is -0.331. The average Bonchev–Trinajstić information content (AvgIpc) is 1.99. The van der Waals surface area contributed by atoms with E-state index in [1.54, 1.807) is 0 Å². The van der Waals surface area contributed by atoms with Gasteiger partial charge >= 0.3 is 5.97 Å². The number of aliphatic hydroxyl groups is 2. The number of aliphatic carboxylic acids is 1. The Morgan fingerprint density at radius 2 is 2.13 bits per heavy atom. The third-order valence-corrected chi connectivity index (χ3v) is 2.95. The van der Waals surface area contributed by atoms with Gasteiger partial charge < -0.3 is 15.3 Å². The second-order valence-corrected chi connectivity index (χ2v) is 4.36. The summed E-state index contributed by atoms with van der Waals surface area (Å²) in [4.78, 5) is 12.6. The average molecular weight is 217 g/mol. The first-order valence-electron chi connectivity index (χ1n) is 5.28. The van der Waals surface area contributed by atoms with Crippen molar-refractivity contribution in [2.24, 2.45) is 0 Å². The number of carboxylic acid groups (broad SMARTS) is 1. The van der Waals surface area contributed by atoms with Crippen LogP contribution in [0.25, 0.3) is 0 Å². The Kier molecular flexibility index (Phi) is 4.07. The van der Waals surface area contributed by atoms with Gasteiger partial charge in [-0.1, -0.05) is 6.42 Å². The van der Waals surface area contributed by atoms with E-state index in [-0.39, 0.29) is 13.2 Å². The van der Waals surface area contributed by atoms with Crippen molar-refractivity contribution >= 4 is 5.97 Å². The van der Waals surface area contributed by atoms with E-state index in [1.165, 1.54) is 6.92 Å². The SMILES string of the molecule is CC(O)(CN(CCO)C1CCC1)C(=O)O. The molecule has 0 heterocycles. The normalized spacial score (nSPS) is 21.1. The van der Waals surface area contributed by atoms with Crippen LogP contribution in [0.15, 0.2) is 0 Å². The molecule has 1 atom stereocenters. The monoisotopic (exact) mass is 217 g/mol. The first kappa shape index (κ1) is 12.4. The lowest BCUT2D eigenvalue weighted by Crippen LogP contribution is -2.52. The van der Waals surface area contributed by atoms with Gasteiger partial charge in [0.2, 0.25) is 0 Å². The maximum atomic E-state index is 10.8. The van der Waals surface area contributed by atoms with Crippen molar-refractivity contribution in [3.8, 4) is 0 Å². The Labute approximate surface area is 89.3 Å². The maximum Gasteiger partial charge on any atom is 0.336 e. The Morgan fingerprint density at radius 3 is 2.47 bits per heavy atom. The summed E-state index contributed by atoms with van der Waals surface area (Å²) in [7, 11) is 0. The first-order chi connectivity index (χ1) is 6.97. The minimum atomic E-state index is -1.73. The van der Waals surface area contributed by atoms with E-state index in [0.717, 1.165) is 19.3 Å². The third-order valence-electron chi connectivity index (χ3n) is 2.95. The summed E-state index contributed by atoms with van der Waals surface area (Å²) in [6.07, 6.45) is 3.19. The largest absolute Gasteiger partial charge is 0.479 e. The zero-order valence-electron chi connectivity index (χ0n) is 9.02. The molecule has 0 aromatic heterocycles. The van der Waals surface area contributed by atoms with Crippen molar-refractivity contribution in [1.29, 1.82) is 0 Å². The molecule has 1 rings (SSSR count). The summed E-state index contributed by atoms with van der Waals surface area (Å²) in [6.45, 7) is 1.78. The molecule has 1 unspecified atom stereocenters. The molecule has 0 radical (unpaired) electrons. The zero-order valence-corrected chi connectivity index (χ0v) is 9.02. The lowest BCUT2D eigenvalue weighted by atomic mass is 9.90. The summed E-state index contributed by atoms with van der Waals surface area (Å²) in [5.41, 5.74) is -1.73. The van der Waals surface area contributed by atoms with Gasteiger partial charge in [-0.2, -0.15) is 0 Å². The molecule has 0 aromatic carbocycles. The minimum absolute atomic E-state index is 0.00774. The van der Waals surface area contributed by atoms with Gasteiger partial charge in [0.15, 0.2) is 5.60 Å². The molecule has 1 aliphatic rings. The highest BCUT2D eigenvalue weighted by molar-refractivity contribution is 5.76. The number of rotatable bonds is 6. The summed E-state index contributed by atoms with van der Waals surface area (Å²) in [6, 6.07) is 0.322. The van der Waals surface area contributed by atoms with E-state index in [4.69, 9.17) is 10.2 Å². The molecule has 5 heteroatoms. The Bertz CT molecular complexity index is 225. The number of hydrogen-bond donors (Lipinski definition) is 3. The lowest BCUT2D eigenvalue weighted by Gasteiger charge is -2.39. The fourth-order valence-corrected chi connectivity index (χ4v) is 1.73. The summed E-state index contributed by atoms with van der Waals surface area (Å²) < 4.78 is 0. The van der Waals surface area contributed by atoms with Gasteiger partial charge in [-0.05, 0) is 19.8 Å². The fourth-order valence-electron chi connectivity index (χ4n) is 1.73. The summed E-state index contributed by atoms with van der Waals surface area (Å²) >= 11 is 0. The zero-order chi connectivity index (χ0) is 11.5. The molecule has 0 spiro atoms. The molecular weight excluding hydrogens is 198 g/mol. The van der Waals surface area contributed by atoms with Crippen LogP contribution in [0.4, 0.5) is 0 Å². The van der Waals surface area contributed by atoms with E-state index in [1.807, 2.05) is 4.90 Å². The van der Waals surface area contributed by atoms with Gasteiger partial charge in [0.25, 0.3) is 0 Å². The highest BCUT2D eigenvalue weighted by Crippen LogP contribution is 2.25. The molecule has 1 aliphatic carbocycles. The van der Waals surface area contributed by atoms with Gasteiger partial charge in [-0.25, -0.2) is 4.79 Å². The van der Waals surface area contributed by atoms with Crippen LogP contribution in [0.1, 0.15) is 26.2 Å². The van der Waals surface area contributed by atoms with Crippen molar-refractivity contribution in [3.63, 3.8) is 0 Å². The van der Waals surface area contributed by atoms with Crippen molar-refractivity contribution < 1.29 is 20.1 Å². The van der Waals surface area contributed by atoms with Crippen molar-refractivity contribution in [1.82, 2.24) is 4.90 Å². The molecule has 5 nitrogen and oxygen atoms in total. The molecule has 0 amide bonds. The van der Waals surface area contributed by atoms with Crippen LogP contribution in [0.3, 0.4) is 0 Å². The Hall–Kier alpha value is -0.650. The third kappa shape index (κ3) is 3.15. The van der Waals surface area contributed by atoms with E-state index >= 15 is 0 Å². The van der Waals surface area contributed by atoms with Crippen molar-refractivity contribution in [3.05, 3.63) is 0 Å². The molecule has 1 fully saturated rings. The molecule has 3 N–H and O–H groups in total. The highest BCUT2D eigenvalue weighted by atomic mass is 16.4. The second-order valence-electron chi connectivity index (χ2n) is 4.36. The van der Waals surface area contributed by atoms with Gasteiger partial charge in [-0.15, -0.1) is 0 Å². The van der Waals surface area contributed by atoms with Crippen LogP contribution < -0.4 is 0 Å². The highest BCUT2D eigenvalue weighted by Gasteiger charge is 2.35. The fraction of sp³-hybridized carbons (Fsp3) is 0.900. The smallest absolute Gasteiger partial charge is 0.336 e. The number of carboxylic acids is 1. The predicted molar refractivity (Wildman–Crippen MR) is 54.6 cm³/mol. The quantitative estimate of drug-likeness (QED) is 0.567. The molecule has 1 saturated carbocycles. The number of nitrogens with zero attached hydrogens (tertiary/aromatic N) is 1. The second kappa shape index (κ2) is 4.92. The summed E-state index contributed by atoms with van der Waals surface area (Å²) in [5.74, 6) is -1.22. The van der Waals surface area contributed by atoms with Crippen LogP contribution in [-0.2, 0) is 4.79 Å². The van der Waals surface area contributed by atoms with Crippen LogP contribution in [-0.4, -0.2) is 57.5 Å². The van der Waals surface area contributed by atoms with Crippen LogP contribution in [0.5, 0.6) is 0 Å². The molecule has 0 aliphatic heterocycles. The summed E-state index contributed by atoms with van der Waals surface area (Å²) in [5, 5.41) is 27.3. The van der Waals surface area contributed by atoms with E-state index in [2.05, 4.69) is 0 Å². The molecule has 0 aromatic rings. The van der Waals surface area contributed by atoms with E-state index < -0.39 is 11.6 Å². The van der Waals surface area contributed by atoms with Crippen LogP contribution in [0, 0.1) is 0 Å².